The van der Waals surface area contributed by atoms with Crippen molar-refractivity contribution in [3.8, 4) is 5.75 Å². The minimum atomic E-state index is -0.0584. The van der Waals surface area contributed by atoms with Gasteiger partial charge in [-0.15, -0.1) is 12.4 Å². The number of carbonyl (C=O) groups is 1. The summed E-state index contributed by atoms with van der Waals surface area (Å²) in [6.45, 7) is 6.94. The van der Waals surface area contributed by atoms with Crippen molar-refractivity contribution in [3.63, 3.8) is 0 Å². The van der Waals surface area contributed by atoms with Crippen LogP contribution in [0, 0.1) is 0 Å². The van der Waals surface area contributed by atoms with Gasteiger partial charge in [0.25, 0.3) is 5.91 Å². The molecule has 5 heteroatoms. The molecular formula is C20H25ClN2O2. The molecule has 1 aliphatic heterocycles. The van der Waals surface area contributed by atoms with Crippen LogP contribution < -0.4 is 15.4 Å². The van der Waals surface area contributed by atoms with Crippen molar-refractivity contribution >= 4 is 24.0 Å². The molecule has 0 saturated heterocycles. The van der Waals surface area contributed by atoms with E-state index in [1.807, 2.05) is 63.2 Å². The van der Waals surface area contributed by atoms with Gasteiger partial charge in [-0.3, -0.25) is 4.79 Å². The first-order chi connectivity index (χ1) is 11.5. The van der Waals surface area contributed by atoms with Crippen molar-refractivity contribution in [2.45, 2.75) is 39.3 Å². The summed E-state index contributed by atoms with van der Waals surface area (Å²) in [7, 11) is 0. The van der Waals surface area contributed by atoms with Crippen LogP contribution in [-0.2, 0) is 6.42 Å². The maximum atomic E-state index is 12.5. The largest absolute Gasteiger partial charge is 0.491 e. The zero-order valence-corrected chi connectivity index (χ0v) is 15.7. The highest BCUT2D eigenvalue weighted by molar-refractivity contribution is 5.95. The number of carbonyl (C=O) groups excluding carboxylic acids is 1. The van der Waals surface area contributed by atoms with Gasteiger partial charge < -0.3 is 15.4 Å². The summed E-state index contributed by atoms with van der Waals surface area (Å²) in [5.74, 6) is 0.804. The van der Waals surface area contributed by atoms with E-state index in [0.717, 1.165) is 30.0 Å². The Labute approximate surface area is 155 Å². The number of hydrogen-bond donors (Lipinski definition) is 2. The molecule has 134 valence electrons. The topological polar surface area (TPSA) is 50.4 Å². The molecule has 2 N–H and O–H groups in total. The van der Waals surface area contributed by atoms with Crippen LogP contribution in [0.3, 0.4) is 0 Å². The van der Waals surface area contributed by atoms with Crippen molar-refractivity contribution in [3.05, 3.63) is 59.2 Å². The Hall–Kier alpha value is -2.20. The molecule has 1 aliphatic rings. The highest BCUT2D eigenvalue weighted by Gasteiger charge is 2.15. The molecule has 0 saturated carbocycles. The maximum absolute atomic E-state index is 12.5. The molecule has 2 aromatic carbocycles. The first-order valence-corrected chi connectivity index (χ1v) is 8.47. The first-order valence-electron chi connectivity index (χ1n) is 8.47. The molecule has 0 aromatic heterocycles. The second-order valence-corrected chi connectivity index (χ2v) is 6.48. The number of nitrogens with one attached hydrogen (secondary N) is 2. The van der Waals surface area contributed by atoms with Gasteiger partial charge in [-0.1, -0.05) is 12.1 Å². The van der Waals surface area contributed by atoms with Gasteiger partial charge in [0.15, 0.2) is 0 Å². The van der Waals surface area contributed by atoms with Crippen LogP contribution in [0.25, 0.3) is 0 Å². The van der Waals surface area contributed by atoms with E-state index in [1.54, 1.807) is 0 Å². The van der Waals surface area contributed by atoms with Gasteiger partial charge >= 0.3 is 0 Å². The maximum Gasteiger partial charge on any atom is 0.251 e. The fraction of sp³-hybridized carbons (Fsp3) is 0.350. The second-order valence-electron chi connectivity index (χ2n) is 6.48. The molecule has 3 rings (SSSR count). The van der Waals surface area contributed by atoms with E-state index in [0.29, 0.717) is 5.56 Å². The van der Waals surface area contributed by atoms with E-state index in [4.69, 9.17) is 4.74 Å². The highest BCUT2D eigenvalue weighted by Crippen LogP contribution is 2.24. The number of hydrogen-bond acceptors (Lipinski definition) is 3. The van der Waals surface area contributed by atoms with Crippen molar-refractivity contribution in [2.75, 3.05) is 11.9 Å². The van der Waals surface area contributed by atoms with Gasteiger partial charge in [0.05, 0.1) is 12.1 Å². The van der Waals surface area contributed by atoms with Gasteiger partial charge in [-0.25, -0.2) is 0 Å². The molecule has 0 spiro atoms. The summed E-state index contributed by atoms with van der Waals surface area (Å²) in [5, 5.41) is 6.37. The quantitative estimate of drug-likeness (QED) is 0.833. The number of anilines is 1. The first kappa shape index (κ1) is 19.1. The predicted octanol–water partition coefficient (Wildman–Crippen LogP) is 4.35. The van der Waals surface area contributed by atoms with Crippen molar-refractivity contribution in [1.82, 2.24) is 5.32 Å². The standard InChI is InChI=1S/C20H24N2O2.ClH/c1-13(2)24-18-7-4-15(5-8-18)14(3)22-20(23)17-6-9-19-16(12-17)10-11-21-19;/h4-9,12-14,21H,10-11H2,1-3H3,(H,22,23);1H. The van der Waals surface area contributed by atoms with Gasteiger partial charge in [0.1, 0.15) is 5.75 Å². The van der Waals surface area contributed by atoms with Crippen LogP contribution in [0.2, 0.25) is 0 Å². The van der Waals surface area contributed by atoms with Crippen molar-refractivity contribution in [2.24, 2.45) is 0 Å². The molecule has 0 radical (unpaired) electrons. The number of benzene rings is 2. The Kier molecular flexibility index (Phi) is 6.32. The minimum absolute atomic E-state index is 0. The summed E-state index contributed by atoms with van der Waals surface area (Å²) in [6, 6.07) is 13.7. The molecular weight excluding hydrogens is 336 g/mol. The van der Waals surface area contributed by atoms with E-state index < -0.39 is 0 Å². The lowest BCUT2D eigenvalue weighted by atomic mass is 10.1. The average Bonchev–Trinajstić information content (AvgIpc) is 3.02. The number of rotatable bonds is 5. The summed E-state index contributed by atoms with van der Waals surface area (Å²) in [4.78, 5) is 12.5. The van der Waals surface area contributed by atoms with Crippen LogP contribution in [0.15, 0.2) is 42.5 Å². The molecule has 1 amide bonds. The minimum Gasteiger partial charge on any atom is -0.491 e. The molecule has 2 aromatic rings. The molecule has 0 fully saturated rings. The van der Waals surface area contributed by atoms with Gasteiger partial charge in [-0.2, -0.15) is 0 Å². The van der Waals surface area contributed by atoms with Crippen molar-refractivity contribution < 1.29 is 9.53 Å². The lowest BCUT2D eigenvalue weighted by Crippen LogP contribution is -2.26. The van der Waals surface area contributed by atoms with E-state index in [-0.39, 0.29) is 30.5 Å². The van der Waals surface area contributed by atoms with Crippen molar-refractivity contribution in [1.29, 1.82) is 0 Å². The average molecular weight is 361 g/mol. The lowest BCUT2D eigenvalue weighted by molar-refractivity contribution is 0.0940. The third-order valence-electron chi connectivity index (χ3n) is 4.18. The third-order valence-corrected chi connectivity index (χ3v) is 4.18. The van der Waals surface area contributed by atoms with Crippen LogP contribution in [0.5, 0.6) is 5.75 Å². The fourth-order valence-electron chi connectivity index (χ4n) is 2.92. The van der Waals surface area contributed by atoms with Crippen LogP contribution in [0.4, 0.5) is 5.69 Å². The van der Waals surface area contributed by atoms with E-state index in [1.165, 1.54) is 5.56 Å². The van der Waals surface area contributed by atoms with E-state index in [2.05, 4.69) is 10.6 Å². The number of halogens is 1. The molecule has 1 atom stereocenters. The van der Waals surface area contributed by atoms with Crippen LogP contribution >= 0.6 is 12.4 Å². The molecule has 4 nitrogen and oxygen atoms in total. The van der Waals surface area contributed by atoms with Crippen LogP contribution in [-0.4, -0.2) is 18.6 Å². The fourth-order valence-corrected chi connectivity index (χ4v) is 2.92. The SMILES string of the molecule is CC(C)Oc1ccc(C(C)NC(=O)c2ccc3c(c2)CCN3)cc1.Cl. The zero-order chi connectivity index (χ0) is 17.1. The summed E-state index contributed by atoms with van der Waals surface area (Å²) >= 11 is 0. The van der Waals surface area contributed by atoms with E-state index in [9.17, 15) is 4.79 Å². The molecule has 1 unspecified atom stereocenters. The van der Waals surface area contributed by atoms with Crippen LogP contribution in [0.1, 0.15) is 48.3 Å². The van der Waals surface area contributed by atoms with Gasteiger partial charge in [-0.05, 0) is 68.7 Å². The monoisotopic (exact) mass is 360 g/mol. The smallest absolute Gasteiger partial charge is 0.251 e. The third kappa shape index (κ3) is 4.67. The van der Waals surface area contributed by atoms with Gasteiger partial charge in [0.2, 0.25) is 0 Å². The highest BCUT2D eigenvalue weighted by atomic mass is 35.5. The molecule has 0 aliphatic carbocycles. The molecule has 0 bridgehead atoms. The molecule has 25 heavy (non-hydrogen) atoms. The lowest BCUT2D eigenvalue weighted by Gasteiger charge is -2.16. The Morgan fingerprint density at radius 3 is 2.52 bits per heavy atom. The summed E-state index contributed by atoms with van der Waals surface area (Å²) in [5.41, 5.74) is 4.12. The van der Waals surface area contributed by atoms with E-state index >= 15 is 0 Å². The molecule has 1 heterocycles. The Bertz CT molecular complexity index is 729. The van der Waals surface area contributed by atoms with Gasteiger partial charge in [0, 0.05) is 17.8 Å². The Morgan fingerprint density at radius 2 is 1.84 bits per heavy atom. The summed E-state index contributed by atoms with van der Waals surface area (Å²) in [6.07, 6.45) is 1.13. The second kappa shape index (κ2) is 8.26. The summed E-state index contributed by atoms with van der Waals surface area (Å²) < 4.78 is 5.65. The number of amides is 1. The normalized spacial score (nSPS) is 13.4. The Balaban J connectivity index is 0.00000225. The number of ether oxygens (including phenoxy) is 1. The number of fused-ring (bicyclic) bond motifs is 1. The zero-order valence-electron chi connectivity index (χ0n) is 14.8. The Morgan fingerprint density at radius 1 is 1.12 bits per heavy atom. The predicted molar refractivity (Wildman–Crippen MR) is 104 cm³/mol.